The Morgan fingerprint density at radius 2 is 0.882 bits per heavy atom. The highest BCUT2D eigenvalue weighted by atomic mass is 32.2. The molecule has 17 heavy (non-hydrogen) atoms. The van der Waals surface area contributed by atoms with E-state index in [-0.39, 0.29) is 0 Å². The van der Waals surface area contributed by atoms with Crippen LogP contribution in [0, 0.1) is 0 Å². The summed E-state index contributed by atoms with van der Waals surface area (Å²) in [6.45, 7) is 2.29. The van der Waals surface area contributed by atoms with Crippen molar-refractivity contribution in [1.82, 2.24) is 0 Å². The van der Waals surface area contributed by atoms with Crippen LogP contribution in [0.4, 0.5) is 0 Å². The Morgan fingerprint density at radius 3 is 1.24 bits per heavy atom. The first-order valence-corrected chi connectivity index (χ1v) is 10.0. The van der Waals surface area contributed by atoms with E-state index in [0.717, 1.165) is 0 Å². The van der Waals surface area contributed by atoms with Gasteiger partial charge in [0.2, 0.25) is 0 Å². The Kier molecular flexibility index (Phi) is 14.7. The molecule has 0 aliphatic rings. The summed E-state index contributed by atoms with van der Waals surface area (Å²) in [4.78, 5) is 0. The topological polar surface area (TPSA) is 0 Å². The van der Waals surface area contributed by atoms with Crippen molar-refractivity contribution in [2.75, 3.05) is 18.3 Å². The van der Waals surface area contributed by atoms with Crippen molar-refractivity contribution in [3.63, 3.8) is 0 Å². The van der Waals surface area contributed by atoms with Crippen LogP contribution in [0.5, 0.6) is 0 Å². The third kappa shape index (κ3) is 16.4. The maximum atomic E-state index is 2.36. The first-order valence-electron chi connectivity index (χ1n) is 7.81. The van der Waals surface area contributed by atoms with E-state index in [9.17, 15) is 0 Å². The standard InChI is InChI=1S/C16H35S/c1-4-5-6-7-8-9-10-11-12-13-14-15-16-17(2)3/h4-16H2,1-3H3/q+1. The number of hydrogen-bond donors (Lipinski definition) is 0. The van der Waals surface area contributed by atoms with Crippen LogP contribution in [-0.2, 0) is 10.9 Å². The lowest BCUT2D eigenvalue weighted by Gasteiger charge is -2.02. The van der Waals surface area contributed by atoms with Crippen molar-refractivity contribution < 1.29 is 0 Å². The molecule has 0 amide bonds. The average Bonchev–Trinajstić information content (AvgIpc) is 2.30. The van der Waals surface area contributed by atoms with Crippen LogP contribution in [0.1, 0.15) is 84.0 Å². The second-order valence-corrected chi connectivity index (χ2v) is 7.96. The Balaban J connectivity index is 2.89. The Labute approximate surface area is 113 Å². The number of hydrogen-bond acceptors (Lipinski definition) is 0. The molecule has 0 aliphatic carbocycles. The van der Waals surface area contributed by atoms with Gasteiger partial charge in [0, 0.05) is 0 Å². The monoisotopic (exact) mass is 259 g/mol. The molecule has 0 fully saturated rings. The molecule has 0 N–H and O–H groups in total. The molecule has 0 saturated heterocycles. The minimum atomic E-state index is 0.670. The normalized spacial score (nSPS) is 11.3. The van der Waals surface area contributed by atoms with Crippen molar-refractivity contribution in [3.05, 3.63) is 0 Å². The molecule has 0 aromatic rings. The van der Waals surface area contributed by atoms with Gasteiger partial charge in [-0.3, -0.25) is 0 Å². The lowest BCUT2D eigenvalue weighted by Crippen LogP contribution is -2.00. The minimum absolute atomic E-state index is 0.670. The van der Waals surface area contributed by atoms with Crippen LogP contribution in [0.25, 0.3) is 0 Å². The van der Waals surface area contributed by atoms with Crippen LogP contribution < -0.4 is 0 Å². The van der Waals surface area contributed by atoms with E-state index >= 15 is 0 Å². The summed E-state index contributed by atoms with van der Waals surface area (Å²) in [6, 6.07) is 0. The smallest absolute Gasteiger partial charge is 0.0654 e. The van der Waals surface area contributed by atoms with Gasteiger partial charge in [-0.1, -0.05) is 71.1 Å². The van der Waals surface area contributed by atoms with Crippen LogP contribution in [0.2, 0.25) is 0 Å². The van der Waals surface area contributed by atoms with Gasteiger partial charge in [-0.2, -0.15) is 0 Å². The van der Waals surface area contributed by atoms with Crippen LogP contribution in [0.15, 0.2) is 0 Å². The van der Waals surface area contributed by atoms with Gasteiger partial charge in [-0.05, 0) is 23.7 Å². The molecule has 0 unspecified atom stereocenters. The molecular weight excluding hydrogens is 224 g/mol. The highest BCUT2D eigenvalue weighted by Gasteiger charge is 2.00. The van der Waals surface area contributed by atoms with Crippen molar-refractivity contribution in [1.29, 1.82) is 0 Å². The molecular formula is C16H35S+. The van der Waals surface area contributed by atoms with E-state index in [2.05, 4.69) is 19.4 Å². The summed E-state index contributed by atoms with van der Waals surface area (Å²) in [5.74, 6) is 1.46. The SMILES string of the molecule is CCCCCCCCCCCCCC[S+](C)C. The van der Waals surface area contributed by atoms with Crippen LogP contribution in [0.3, 0.4) is 0 Å². The number of rotatable bonds is 13. The zero-order chi connectivity index (χ0) is 12.8. The lowest BCUT2D eigenvalue weighted by atomic mass is 10.1. The molecule has 1 heteroatoms. The summed E-state index contributed by atoms with van der Waals surface area (Å²) in [5, 5.41) is 0. The van der Waals surface area contributed by atoms with Gasteiger partial charge in [0.05, 0.1) is 12.5 Å². The molecule has 0 aromatic heterocycles. The highest BCUT2D eigenvalue weighted by molar-refractivity contribution is 7.95. The van der Waals surface area contributed by atoms with Gasteiger partial charge >= 0.3 is 0 Å². The third-order valence-corrected chi connectivity index (χ3v) is 4.51. The maximum absolute atomic E-state index is 2.36. The van der Waals surface area contributed by atoms with Gasteiger partial charge in [-0.25, -0.2) is 0 Å². The Bertz CT molecular complexity index is 131. The quantitative estimate of drug-likeness (QED) is 0.300. The van der Waals surface area contributed by atoms with Crippen molar-refractivity contribution in [2.45, 2.75) is 84.0 Å². The van der Waals surface area contributed by atoms with E-state index in [1.807, 2.05) is 0 Å². The predicted octanol–water partition coefficient (Wildman–Crippen LogP) is 5.57. The fourth-order valence-electron chi connectivity index (χ4n) is 2.23. The van der Waals surface area contributed by atoms with Crippen LogP contribution in [-0.4, -0.2) is 18.3 Å². The van der Waals surface area contributed by atoms with E-state index in [1.54, 1.807) is 0 Å². The van der Waals surface area contributed by atoms with Crippen LogP contribution >= 0.6 is 0 Å². The summed E-state index contributed by atoms with van der Waals surface area (Å²) < 4.78 is 0. The molecule has 0 heterocycles. The van der Waals surface area contributed by atoms with Crippen molar-refractivity contribution >= 4 is 10.9 Å². The van der Waals surface area contributed by atoms with E-state index < -0.39 is 0 Å². The van der Waals surface area contributed by atoms with Gasteiger partial charge in [0.1, 0.15) is 5.75 Å². The Hall–Kier alpha value is 0.350. The summed E-state index contributed by atoms with van der Waals surface area (Å²) in [5.41, 5.74) is 0. The Morgan fingerprint density at radius 1 is 0.529 bits per heavy atom. The average molecular weight is 260 g/mol. The summed E-state index contributed by atoms with van der Waals surface area (Å²) >= 11 is 0. The fraction of sp³-hybridized carbons (Fsp3) is 1.00. The van der Waals surface area contributed by atoms with Gasteiger partial charge < -0.3 is 0 Å². The largest absolute Gasteiger partial charge is 0.107 e. The zero-order valence-electron chi connectivity index (χ0n) is 12.6. The molecule has 0 aromatic carbocycles. The summed E-state index contributed by atoms with van der Waals surface area (Å²) in [7, 11) is 0.670. The fourth-order valence-corrected chi connectivity index (χ4v) is 3.01. The second-order valence-electron chi connectivity index (χ2n) is 5.58. The van der Waals surface area contributed by atoms with Gasteiger partial charge in [0.25, 0.3) is 0 Å². The van der Waals surface area contributed by atoms with Crippen molar-refractivity contribution in [2.24, 2.45) is 0 Å². The molecule has 0 saturated carbocycles. The minimum Gasteiger partial charge on any atom is -0.0654 e. The van der Waals surface area contributed by atoms with E-state index in [0.29, 0.717) is 10.9 Å². The first kappa shape index (κ1) is 17.4. The highest BCUT2D eigenvalue weighted by Crippen LogP contribution is 2.12. The number of unbranched alkanes of at least 4 members (excludes halogenated alkanes) is 11. The molecule has 0 spiro atoms. The molecule has 0 bridgehead atoms. The van der Waals surface area contributed by atoms with E-state index in [4.69, 9.17) is 0 Å². The van der Waals surface area contributed by atoms with E-state index in [1.165, 1.54) is 82.8 Å². The lowest BCUT2D eigenvalue weighted by molar-refractivity contribution is 0.548. The molecule has 104 valence electrons. The zero-order valence-corrected chi connectivity index (χ0v) is 13.4. The third-order valence-electron chi connectivity index (χ3n) is 3.41. The summed E-state index contributed by atoms with van der Waals surface area (Å²) in [6.07, 6.45) is 22.3. The molecule has 0 nitrogen and oxygen atoms in total. The van der Waals surface area contributed by atoms with Crippen molar-refractivity contribution in [3.8, 4) is 0 Å². The van der Waals surface area contributed by atoms with Gasteiger partial charge in [-0.15, -0.1) is 0 Å². The molecule has 0 rings (SSSR count). The molecule has 0 atom stereocenters. The first-order chi connectivity index (χ1) is 8.27. The maximum Gasteiger partial charge on any atom is 0.107 e. The predicted molar refractivity (Wildman–Crippen MR) is 85.2 cm³/mol. The van der Waals surface area contributed by atoms with Gasteiger partial charge in [0.15, 0.2) is 0 Å². The molecule has 0 radical (unpaired) electrons. The molecule has 0 aliphatic heterocycles. The second kappa shape index (κ2) is 14.4.